The molecule has 1 saturated heterocycles. The summed E-state index contributed by atoms with van der Waals surface area (Å²) in [4.78, 5) is 5.04. The zero-order chi connectivity index (χ0) is 16.4. The molecule has 0 radical (unpaired) electrons. The third kappa shape index (κ3) is 2.84. The van der Waals surface area contributed by atoms with Crippen LogP contribution >= 0.6 is 0 Å². The average Bonchev–Trinajstić information content (AvgIpc) is 2.63. The van der Waals surface area contributed by atoms with E-state index in [0.29, 0.717) is 0 Å². The summed E-state index contributed by atoms with van der Waals surface area (Å²) >= 11 is 0. The summed E-state index contributed by atoms with van der Waals surface area (Å²) in [6.45, 7) is 5.13. The Morgan fingerprint density at radius 1 is 1.00 bits per heavy atom. The highest BCUT2D eigenvalue weighted by Crippen LogP contribution is 2.42. The Labute approximate surface area is 144 Å². The van der Waals surface area contributed by atoms with Gasteiger partial charge in [-0.05, 0) is 62.0 Å². The van der Waals surface area contributed by atoms with Crippen molar-refractivity contribution in [2.24, 2.45) is 10.4 Å². The second-order valence-electron chi connectivity index (χ2n) is 7.08. The maximum atomic E-state index is 5.04. The van der Waals surface area contributed by atoms with E-state index in [1.165, 1.54) is 28.2 Å². The number of aryl methyl sites for hydroxylation is 1. The van der Waals surface area contributed by atoms with Gasteiger partial charge in [0.1, 0.15) is 5.84 Å². The lowest BCUT2D eigenvalue weighted by molar-refractivity contribution is 0.292. The van der Waals surface area contributed by atoms with Crippen LogP contribution in [0.2, 0.25) is 0 Å². The molecule has 1 fully saturated rings. The molecule has 2 aliphatic rings. The molecule has 1 spiro atoms. The zero-order valence-electron chi connectivity index (χ0n) is 14.3. The summed E-state index contributed by atoms with van der Waals surface area (Å²) in [7, 11) is 0. The van der Waals surface area contributed by atoms with Crippen molar-refractivity contribution >= 4 is 11.5 Å². The lowest BCUT2D eigenvalue weighted by atomic mass is 9.70. The maximum absolute atomic E-state index is 5.04. The predicted octanol–water partition coefficient (Wildman–Crippen LogP) is 3.93. The Balaban J connectivity index is 1.70. The highest BCUT2D eigenvalue weighted by molar-refractivity contribution is 6.02. The van der Waals surface area contributed by atoms with E-state index in [4.69, 9.17) is 4.99 Å². The number of hydrogen-bond donors (Lipinski definition) is 2. The van der Waals surface area contributed by atoms with Gasteiger partial charge < -0.3 is 10.6 Å². The first-order valence-corrected chi connectivity index (χ1v) is 8.92. The number of rotatable bonds is 2. The smallest absolute Gasteiger partial charge is 0.108 e. The minimum atomic E-state index is 0.166. The molecule has 0 atom stereocenters. The fourth-order valence-corrected chi connectivity index (χ4v) is 4.02. The van der Waals surface area contributed by atoms with Crippen LogP contribution < -0.4 is 10.6 Å². The number of aliphatic imine (C=N–C) groups is 1. The number of hydrogen-bond acceptors (Lipinski definition) is 2. The monoisotopic (exact) mass is 319 g/mol. The molecule has 0 saturated carbocycles. The summed E-state index contributed by atoms with van der Waals surface area (Å²) in [6.07, 6.45) is 3.42. The zero-order valence-corrected chi connectivity index (χ0v) is 14.3. The SMILES string of the molecule is Cc1cccc2c1CC1(CCNCC1)C(=NCc1ccccc1)N2. The molecular weight excluding hydrogens is 294 g/mol. The van der Waals surface area contributed by atoms with Crippen LogP contribution in [-0.4, -0.2) is 18.9 Å². The van der Waals surface area contributed by atoms with Crippen molar-refractivity contribution in [1.82, 2.24) is 5.32 Å². The molecule has 0 aromatic heterocycles. The highest BCUT2D eigenvalue weighted by atomic mass is 15.0. The van der Waals surface area contributed by atoms with E-state index in [1.807, 2.05) is 0 Å². The highest BCUT2D eigenvalue weighted by Gasteiger charge is 2.41. The van der Waals surface area contributed by atoms with Crippen molar-refractivity contribution < 1.29 is 0 Å². The Morgan fingerprint density at radius 2 is 1.79 bits per heavy atom. The van der Waals surface area contributed by atoms with Crippen molar-refractivity contribution in [2.75, 3.05) is 18.4 Å². The lowest BCUT2D eigenvalue weighted by Gasteiger charge is -2.43. The van der Waals surface area contributed by atoms with E-state index in [2.05, 4.69) is 66.1 Å². The molecular formula is C21H25N3. The first-order valence-electron chi connectivity index (χ1n) is 8.92. The van der Waals surface area contributed by atoms with Gasteiger partial charge >= 0.3 is 0 Å². The van der Waals surface area contributed by atoms with Gasteiger partial charge in [0, 0.05) is 11.1 Å². The van der Waals surface area contributed by atoms with Crippen LogP contribution in [-0.2, 0) is 13.0 Å². The van der Waals surface area contributed by atoms with Gasteiger partial charge in [-0.25, -0.2) is 0 Å². The first kappa shape index (κ1) is 15.4. The second-order valence-corrected chi connectivity index (χ2v) is 7.08. The number of amidine groups is 1. The van der Waals surface area contributed by atoms with Crippen LogP contribution in [0.15, 0.2) is 53.5 Å². The number of piperidine rings is 1. The molecule has 2 aromatic carbocycles. The molecule has 0 amide bonds. The third-order valence-corrected chi connectivity index (χ3v) is 5.50. The minimum Gasteiger partial charge on any atom is -0.343 e. The van der Waals surface area contributed by atoms with Gasteiger partial charge in [0.05, 0.1) is 6.54 Å². The largest absolute Gasteiger partial charge is 0.343 e. The van der Waals surface area contributed by atoms with Crippen LogP contribution in [0.4, 0.5) is 5.69 Å². The summed E-state index contributed by atoms with van der Waals surface area (Å²) in [6, 6.07) is 17.1. The normalized spacial score (nSPS) is 20.6. The third-order valence-electron chi connectivity index (χ3n) is 5.50. The molecule has 2 N–H and O–H groups in total. The molecule has 3 heteroatoms. The minimum absolute atomic E-state index is 0.166. The van der Waals surface area contributed by atoms with Gasteiger partial charge in [0.25, 0.3) is 0 Å². The van der Waals surface area contributed by atoms with Crippen LogP contribution in [0, 0.1) is 12.3 Å². The van der Waals surface area contributed by atoms with Crippen molar-refractivity contribution in [1.29, 1.82) is 0 Å². The van der Waals surface area contributed by atoms with Crippen LogP contribution in [0.25, 0.3) is 0 Å². The molecule has 2 heterocycles. The topological polar surface area (TPSA) is 36.4 Å². The van der Waals surface area contributed by atoms with Crippen LogP contribution in [0.1, 0.15) is 29.5 Å². The van der Waals surface area contributed by atoms with Gasteiger partial charge in [-0.3, -0.25) is 4.99 Å². The van der Waals surface area contributed by atoms with Gasteiger partial charge in [-0.15, -0.1) is 0 Å². The van der Waals surface area contributed by atoms with Crippen molar-refractivity contribution in [3.8, 4) is 0 Å². The number of anilines is 1. The standard InChI is InChI=1S/C21H25N3/c1-16-6-5-9-19-18(16)14-21(10-12-22-13-11-21)20(24-19)23-15-17-7-3-2-4-8-17/h2-9,22H,10-15H2,1H3,(H,23,24). The molecule has 24 heavy (non-hydrogen) atoms. The van der Waals surface area contributed by atoms with Gasteiger partial charge in [0.2, 0.25) is 0 Å². The van der Waals surface area contributed by atoms with Crippen LogP contribution in [0.3, 0.4) is 0 Å². The lowest BCUT2D eigenvalue weighted by Crippen LogP contribution is -2.49. The first-order chi connectivity index (χ1) is 11.8. The quantitative estimate of drug-likeness (QED) is 0.880. The van der Waals surface area contributed by atoms with Gasteiger partial charge in [-0.1, -0.05) is 42.5 Å². The fraction of sp³-hybridized carbons (Fsp3) is 0.381. The van der Waals surface area contributed by atoms with Crippen molar-refractivity contribution in [3.63, 3.8) is 0 Å². The van der Waals surface area contributed by atoms with Gasteiger partial charge in [0.15, 0.2) is 0 Å². The molecule has 0 unspecified atom stereocenters. The molecule has 2 aromatic rings. The second kappa shape index (κ2) is 6.40. The average molecular weight is 319 g/mol. The molecule has 0 aliphatic carbocycles. The van der Waals surface area contributed by atoms with E-state index in [9.17, 15) is 0 Å². The number of nitrogens with zero attached hydrogens (tertiary/aromatic N) is 1. The van der Waals surface area contributed by atoms with E-state index < -0.39 is 0 Å². The molecule has 0 bridgehead atoms. The van der Waals surface area contributed by atoms with E-state index in [0.717, 1.165) is 38.9 Å². The van der Waals surface area contributed by atoms with Crippen molar-refractivity contribution in [3.05, 3.63) is 65.2 Å². The van der Waals surface area contributed by atoms with E-state index >= 15 is 0 Å². The molecule has 3 nitrogen and oxygen atoms in total. The number of nitrogens with one attached hydrogen (secondary N) is 2. The van der Waals surface area contributed by atoms with Crippen LogP contribution in [0.5, 0.6) is 0 Å². The summed E-state index contributed by atoms with van der Waals surface area (Å²) in [5.74, 6) is 1.19. The number of benzene rings is 2. The van der Waals surface area contributed by atoms with E-state index in [1.54, 1.807) is 0 Å². The maximum Gasteiger partial charge on any atom is 0.108 e. The summed E-state index contributed by atoms with van der Waals surface area (Å²) < 4.78 is 0. The van der Waals surface area contributed by atoms with Crippen molar-refractivity contribution in [2.45, 2.75) is 32.7 Å². The molecule has 124 valence electrons. The Hall–Kier alpha value is -2.13. The molecule has 2 aliphatic heterocycles. The fourth-order valence-electron chi connectivity index (χ4n) is 4.02. The Bertz CT molecular complexity index is 743. The van der Waals surface area contributed by atoms with Gasteiger partial charge in [-0.2, -0.15) is 0 Å². The van der Waals surface area contributed by atoms with E-state index in [-0.39, 0.29) is 5.41 Å². The Morgan fingerprint density at radius 3 is 2.58 bits per heavy atom. The number of fused-ring (bicyclic) bond motifs is 1. The molecule has 4 rings (SSSR count). The predicted molar refractivity (Wildman–Crippen MR) is 101 cm³/mol. The summed E-state index contributed by atoms with van der Waals surface area (Å²) in [5, 5.41) is 7.20. The summed E-state index contributed by atoms with van der Waals surface area (Å²) in [5.41, 5.74) is 5.54. The Kier molecular flexibility index (Phi) is 4.11.